The van der Waals surface area contributed by atoms with Crippen molar-refractivity contribution >= 4 is 5.91 Å². The predicted octanol–water partition coefficient (Wildman–Crippen LogP) is 4.16. The zero-order chi connectivity index (χ0) is 20.6. The van der Waals surface area contributed by atoms with Crippen molar-refractivity contribution in [3.05, 3.63) is 89.7 Å². The fraction of sp³-hybridized carbons (Fsp3) is 0.360. The first-order chi connectivity index (χ1) is 14.8. The van der Waals surface area contributed by atoms with Gasteiger partial charge >= 0.3 is 0 Å². The van der Waals surface area contributed by atoms with Gasteiger partial charge in [0.25, 0.3) is 0 Å². The van der Waals surface area contributed by atoms with E-state index in [2.05, 4.69) is 39.6 Å². The number of hydrogen-bond acceptors (Lipinski definition) is 3. The van der Waals surface area contributed by atoms with Gasteiger partial charge in [-0.05, 0) is 48.7 Å². The summed E-state index contributed by atoms with van der Waals surface area (Å²) in [6, 6.07) is 19.7. The molecule has 1 saturated heterocycles. The third-order valence-corrected chi connectivity index (χ3v) is 5.72. The van der Waals surface area contributed by atoms with Crippen molar-refractivity contribution < 1.29 is 4.79 Å². The summed E-state index contributed by atoms with van der Waals surface area (Å²) in [5.74, 6) is -0.0529. The summed E-state index contributed by atoms with van der Waals surface area (Å²) in [5.41, 5.74) is 3.37. The number of amides is 1. The molecule has 156 valence electrons. The fourth-order valence-corrected chi connectivity index (χ4v) is 4.17. The molecule has 0 radical (unpaired) electrons. The van der Waals surface area contributed by atoms with E-state index < -0.39 is 6.04 Å². The lowest BCUT2D eigenvalue weighted by Crippen LogP contribution is -2.33. The minimum atomic E-state index is -0.471. The lowest BCUT2D eigenvalue weighted by atomic mass is 10.1. The van der Waals surface area contributed by atoms with Crippen molar-refractivity contribution in [2.45, 2.75) is 44.8 Å². The monoisotopic (exact) mass is 402 g/mol. The molecule has 3 aromatic rings. The van der Waals surface area contributed by atoms with Gasteiger partial charge in [-0.15, -0.1) is 0 Å². The van der Waals surface area contributed by atoms with E-state index in [1.807, 2.05) is 42.6 Å². The molecule has 1 fully saturated rings. The number of hydrogen-bond donors (Lipinski definition) is 1. The normalized spacial score (nSPS) is 16.0. The van der Waals surface area contributed by atoms with Gasteiger partial charge in [-0.2, -0.15) is 5.10 Å². The Morgan fingerprint density at radius 2 is 1.70 bits per heavy atom. The van der Waals surface area contributed by atoms with Crippen LogP contribution < -0.4 is 5.32 Å². The van der Waals surface area contributed by atoms with Crippen molar-refractivity contribution in [2.75, 3.05) is 13.1 Å². The van der Waals surface area contributed by atoms with Gasteiger partial charge in [-0.3, -0.25) is 14.4 Å². The van der Waals surface area contributed by atoms with Crippen molar-refractivity contribution in [3.63, 3.8) is 0 Å². The molecule has 0 saturated carbocycles. The zero-order valence-corrected chi connectivity index (χ0v) is 17.4. The van der Waals surface area contributed by atoms with Crippen LogP contribution in [0.2, 0.25) is 0 Å². The van der Waals surface area contributed by atoms with E-state index in [1.165, 1.54) is 44.3 Å². The molecule has 0 spiro atoms. The molecule has 4 rings (SSSR count). The van der Waals surface area contributed by atoms with Crippen LogP contribution in [0.3, 0.4) is 0 Å². The number of aromatic nitrogens is 2. The molecule has 0 bridgehead atoms. The van der Waals surface area contributed by atoms with Crippen LogP contribution in [0, 0.1) is 0 Å². The number of nitrogens with one attached hydrogen (secondary N) is 1. The average Bonchev–Trinajstić information content (AvgIpc) is 3.17. The Morgan fingerprint density at radius 1 is 0.933 bits per heavy atom. The smallest absolute Gasteiger partial charge is 0.249 e. The minimum Gasteiger partial charge on any atom is -0.350 e. The first kappa shape index (κ1) is 20.4. The van der Waals surface area contributed by atoms with Crippen LogP contribution >= 0.6 is 0 Å². The second-order valence-electron chi connectivity index (χ2n) is 8.03. The van der Waals surface area contributed by atoms with Gasteiger partial charge in [0.2, 0.25) is 5.91 Å². The van der Waals surface area contributed by atoms with E-state index in [-0.39, 0.29) is 5.91 Å². The van der Waals surface area contributed by atoms with Gasteiger partial charge in [-0.1, -0.05) is 67.4 Å². The highest BCUT2D eigenvalue weighted by Crippen LogP contribution is 2.18. The maximum atomic E-state index is 13.1. The number of likely N-dealkylation sites (tertiary alicyclic amines) is 1. The number of carbonyl (C=O) groups excluding carboxylic acids is 1. The van der Waals surface area contributed by atoms with Gasteiger partial charge in [-0.25, -0.2) is 0 Å². The molecule has 2 aromatic carbocycles. The Labute approximate surface area is 178 Å². The molecular weight excluding hydrogens is 372 g/mol. The van der Waals surface area contributed by atoms with E-state index in [1.54, 1.807) is 10.9 Å². The highest BCUT2D eigenvalue weighted by atomic mass is 16.2. The van der Waals surface area contributed by atoms with E-state index >= 15 is 0 Å². The van der Waals surface area contributed by atoms with Gasteiger partial charge in [0.15, 0.2) is 6.04 Å². The quantitative estimate of drug-likeness (QED) is 0.645. The molecule has 1 aliphatic rings. The first-order valence-corrected chi connectivity index (χ1v) is 10.9. The molecule has 30 heavy (non-hydrogen) atoms. The number of nitrogens with zero attached hydrogens (tertiary/aromatic N) is 3. The van der Waals surface area contributed by atoms with Gasteiger partial charge in [0, 0.05) is 25.5 Å². The maximum Gasteiger partial charge on any atom is 0.249 e. The molecule has 1 unspecified atom stereocenters. The summed E-state index contributed by atoms with van der Waals surface area (Å²) in [6.45, 7) is 3.87. The Kier molecular flexibility index (Phi) is 6.93. The fourth-order valence-electron chi connectivity index (χ4n) is 4.17. The molecule has 5 nitrogen and oxygen atoms in total. The van der Waals surface area contributed by atoms with Gasteiger partial charge in [0.1, 0.15) is 0 Å². The second-order valence-corrected chi connectivity index (χ2v) is 8.03. The molecule has 1 atom stereocenters. The van der Waals surface area contributed by atoms with Crippen LogP contribution in [0.1, 0.15) is 48.4 Å². The standard InChI is InChI=1S/C25H30N4O/c30-25(24(29-17-9-14-27-29)23-12-4-3-5-13-23)26-19-21-10-8-11-22(18-21)20-28-15-6-1-2-7-16-28/h3-5,8-14,17-18,24H,1-2,6-7,15-16,19-20H2,(H,26,30). The van der Waals surface area contributed by atoms with Crippen molar-refractivity contribution in [1.29, 1.82) is 0 Å². The van der Waals surface area contributed by atoms with Crippen LogP contribution in [0.25, 0.3) is 0 Å². The molecular formula is C25H30N4O. The molecule has 5 heteroatoms. The summed E-state index contributed by atoms with van der Waals surface area (Å²) in [5, 5.41) is 7.42. The molecule has 1 aromatic heterocycles. The third-order valence-electron chi connectivity index (χ3n) is 5.72. The van der Waals surface area contributed by atoms with E-state index in [0.717, 1.165) is 17.7 Å². The number of carbonyl (C=O) groups is 1. The highest BCUT2D eigenvalue weighted by Gasteiger charge is 2.22. The molecule has 1 amide bonds. The number of benzene rings is 2. The highest BCUT2D eigenvalue weighted by molar-refractivity contribution is 5.83. The van der Waals surface area contributed by atoms with E-state index in [0.29, 0.717) is 6.54 Å². The van der Waals surface area contributed by atoms with Crippen LogP contribution in [-0.4, -0.2) is 33.7 Å². The lowest BCUT2D eigenvalue weighted by Gasteiger charge is -2.20. The largest absolute Gasteiger partial charge is 0.350 e. The Balaban J connectivity index is 1.41. The van der Waals surface area contributed by atoms with Crippen molar-refractivity contribution in [3.8, 4) is 0 Å². The van der Waals surface area contributed by atoms with Crippen molar-refractivity contribution in [1.82, 2.24) is 20.0 Å². The Bertz CT molecular complexity index is 915. The average molecular weight is 403 g/mol. The molecule has 2 heterocycles. The summed E-state index contributed by atoms with van der Waals surface area (Å²) in [6.07, 6.45) is 8.82. The SMILES string of the molecule is O=C(NCc1cccc(CN2CCCCCC2)c1)C(c1ccccc1)n1cccn1. The maximum absolute atomic E-state index is 13.1. The van der Waals surface area contributed by atoms with Crippen LogP contribution in [-0.2, 0) is 17.9 Å². The molecule has 1 aliphatic heterocycles. The van der Waals surface area contributed by atoms with Crippen LogP contribution in [0.15, 0.2) is 73.1 Å². The van der Waals surface area contributed by atoms with Crippen LogP contribution in [0.5, 0.6) is 0 Å². The third kappa shape index (κ3) is 5.36. The predicted molar refractivity (Wildman–Crippen MR) is 119 cm³/mol. The topological polar surface area (TPSA) is 50.2 Å². The zero-order valence-electron chi connectivity index (χ0n) is 17.4. The first-order valence-electron chi connectivity index (χ1n) is 10.9. The van der Waals surface area contributed by atoms with E-state index in [4.69, 9.17) is 0 Å². The lowest BCUT2D eigenvalue weighted by molar-refractivity contribution is -0.123. The van der Waals surface area contributed by atoms with Gasteiger partial charge < -0.3 is 5.32 Å². The summed E-state index contributed by atoms with van der Waals surface area (Å²) in [4.78, 5) is 15.6. The number of rotatable bonds is 7. The van der Waals surface area contributed by atoms with Gasteiger partial charge in [0.05, 0.1) is 0 Å². The summed E-state index contributed by atoms with van der Waals surface area (Å²) >= 11 is 0. The Morgan fingerprint density at radius 3 is 2.43 bits per heavy atom. The van der Waals surface area contributed by atoms with Crippen LogP contribution in [0.4, 0.5) is 0 Å². The summed E-state index contributed by atoms with van der Waals surface area (Å²) < 4.78 is 1.71. The molecule has 1 N–H and O–H groups in total. The minimum absolute atomic E-state index is 0.0529. The summed E-state index contributed by atoms with van der Waals surface area (Å²) in [7, 11) is 0. The molecule has 0 aliphatic carbocycles. The second kappa shape index (κ2) is 10.2. The Hall–Kier alpha value is -2.92. The van der Waals surface area contributed by atoms with Crippen molar-refractivity contribution in [2.24, 2.45) is 0 Å². The van der Waals surface area contributed by atoms with E-state index in [9.17, 15) is 4.79 Å².